The Labute approximate surface area is 204 Å². The van der Waals surface area contributed by atoms with Crippen LogP contribution >= 0.6 is 11.8 Å². The lowest BCUT2D eigenvalue weighted by Gasteiger charge is -2.30. The monoisotopic (exact) mass is 475 g/mol. The van der Waals surface area contributed by atoms with Crippen molar-refractivity contribution in [1.29, 1.82) is 0 Å². The number of hydrogen-bond donors (Lipinski definition) is 3. The van der Waals surface area contributed by atoms with Crippen molar-refractivity contribution >= 4 is 35.0 Å². The van der Waals surface area contributed by atoms with Gasteiger partial charge in [-0.1, -0.05) is 54.6 Å². The first kappa shape index (κ1) is 23.9. The van der Waals surface area contributed by atoms with Crippen LogP contribution in [0.25, 0.3) is 0 Å². The SMILES string of the molecule is O=C(CN1CCC(C(=O)Nc2ccccc2O)CC1)Nc1ccccc1SCc1ccccc1. The van der Waals surface area contributed by atoms with E-state index in [0.29, 0.717) is 38.2 Å². The molecule has 0 unspecified atom stereocenters. The second kappa shape index (κ2) is 11.7. The molecule has 4 rings (SSSR count). The number of carbonyl (C=O) groups is 2. The molecular weight excluding hydrogens is 446 g/mol. The first-order valence-electron chi connectivity index (χ1n) is 11.5. The maximum absolute atomic E-state index is 12.7. The number of para-hydroxylation sites is 3. The van der Waals surface area contributed by atoms with E-state index >= 15 is 0 Å². The first-order valence-corrected chi connectivity index (χ1v) is 12.4. The molecule has 7 heteroatoms. The molecule has 0 aliphatic carbocycles. The van der Waals surface area contributed by atoms with Crippen LogP contribution in [0.15, 0.2) is 83.8 Å². The van der Waals surface area contributed by atoms with Gasteiger partial charge in [0.25, 0.3) is 0 Å². The highest BCUT2D eigenvalue weighted by Gasteiger charge is 2.26. The number of nitrogens with one attached hydrogen (secondary N) is 2. The van der Waals surface area contributed by atoms with Crippen LogP contribution in [0.3, 0.4) is 0 Å². The zero-order chi connectivity index (χ0) is 23.8. The fourth-order valence-electron chi connectivity index (χ4n) is 3.99. The number of benzene rings is 3. The van der Waals surface area contributed by atoms with Gasteiger partial charge in [-0.25, -0.2) is 0 Å². The topological polar surface area (TPSA) is 81.7 Å². The lowest BCUT2D eigenvalue weighted by atomic mass is 9.95. The van der Waals surface area contributed by atoms with Crippen LogP contribution in [-0.2, 0) is 15.3 Å². The number of thioether (sulfide) groups is 1. The van der Waals surface area contributed by atoms with Crippen LogP contribution in [0.2, 0.25) is 0 Å². The predicted octanol–water partition coefficient (Wildman–Crippen LogP) is 4.97. The molecule has 176 valence electrons. The van der Waals surface area contributed by atoms with Crippen molar-refractivity contribution in [2.24, 2.45) is 5.92 Å². The zero-order valence-corrected chi connectivity index (χ0v) is 19.8. The molecule has 6 nitrogen and oxygen atoms in total. The molecule has 0 aromatic heterocycles. The van der Waals surface area contributed by atoms with Crippen molar-refractivity contribution in [3.8, 4) is 5.75 Å². The number of anilines is 2. The van der Waals surface area contributed by atoms with Gasteiger partial charge in [0.1, 0.15) is 5.75 Å². The number of likely N-dealkylation sites (tertiary alicyclic amines) is 1. The number of phenols is 1. The average Bonchev–Trinajstić information content (AvgIpc) is 2.86. The summed E-state index contributed by atoms with van der Waals surface area (Å²) in [6.07, 6.45) is 1.35. The minimum absolute atomic E-state index is 0.0510. The number of phenolic OH excluding ortho intramolecular Hbond substituents is 1. The van der Waals surface area contributed by atoms with Gasteiger partial charge in [-0.3, -0.25) is 14.5 Å². The van der Waals surface area contributed by atoms with Crippen LogP contribution in [0.1, 0.15) is 18.4 Å². The maximum Gasteiger partial charge on any atom is 0.238 e. The summed E-state index contributed by atoms with van der Waals surface area (Å²) in [7, 11) is 0. The molecule has 0 bridgehead atoms. The van der Waals surface area contributed by atoms with Gasteiger partial charge in [-0.05, 0) is 55.8 Å². The van der Waals surface area contributed by atoms with Gasteiger partial charge in [0.05, 0.1) is 17.9 Å². The van der Waals surface area contributed by atoms with Crippen molar-refractivity contribution in [3.05, 3.63) is 84.4 Å². The number of nitrogens with zero attached hydrogens (tertiary/aromatic N) is 1. The third kappa shape index (κ3) is 6.62. The molecule has 1 saturated heterocycles. The molecule has 0 atom stereocenters. The van der Waals surface area contributed by atoms with E-state index in [1.807, 2.05) is 42.5 Å². The van der Waals surface area contributed by atoms with E-state index in [2.05, 4.69) is 27.7 Å². The van der Waals surface area contributed by atoms with Crippen LogP contribution in [0, 0.1) is 5.92 Å². The van der Waals surface area contributed by atoms with Gasteiger partial charge >= 0.3 is 0 Å². The van der Waals surface area contributed by atoms with E-state index in [-0.39, 0.29) is 23.5 Å². The van der Waals surface area contributed by atoms with Gasteiger partial charge in [-0.15, -0.1) is 11.8 Å². The van der Waals surface area contributed by atoms with Crippen molar-refractivity contribution in [1.82, 2.24) is 4.90 Å². The largest absolute Gasteiger partial charge is 0.506 e. The van der Waals surface area contributed by atoms with Crippen LogP contribution < -0.4 is 10.6 Å². The van der Waals surface area contributed by atoms with Gasteiger partial charge < -0.3 is 15.7 Å². The third-order valence-electron chi connectivity index (χ3n) is 5.89. The highest BCUT2D eigenvalue weighted by Crippen LogP contribution is 2.30. The van der Waals surface area contributed by atoms with Crippen molar-refractivity contribution in [3.63, 3.8) is 0 Å². The third-order valence-corrected chi connectivity index (χ3v) is 7.03. The Morgan fingerprint density at radius 1 is 0.853 bits per heavy atom. The Balaban J connectivity index is 1.25. The highest BCUT2D eigenvalue weighted by molar-refractivity contribution is 7.98. The summed E-state index contributed by atoms with van der Waals surface area (Å²) in [5.41, 5.74) is 2.49. The normalized spacial score (nSPS) is 14.5. The average molecular weight is 476 g/mol. The molecule has 0 spiro atoms. The van der Waals surface area contributed by atoms with Gasteiger partial charge in [-0.2, -0.15) is 0 Å². The number of rotatable bonds is 8. The highest BCUT2D eigenvalue weighted by atomic mass is 32.2. The second-order valence-electron chi connectivity index (χ2n) is 8.38. The van der Waals surface area contributed by atoms with E-state index in [1.54, 1.807) is 36.0 Å². The molecule has 2 amide bonds. The lowest BCUT2D eigenvalue weighted by molar-refractivity contribution is -0.121. The summed E-state index contributed by atoms with van der Waals surface area (Å²) in [4.78, 5) is 28.4. The van der Waals surface area contributed by atoms with Crippen molar-refractivity contribution < 1.29 is 14.7 Å². The molecule has 1 aliphatic heterocycles. The molecule has 0 saturated carbocycles. The van der Waals surface area contributed by atoms with Crippen molar-refractivity contribution in [2.75, 3.05) is 30.3 Å². The molecular formula is C27H29N3O3S. The number of hydrogen-bond acceptors (Lipinski definition) is 5. The fourth-order valence-corrected chi connectivity index (χ4v) is 4.96. The number of amides is 2. The Morgan fingerprint density at radius 2 is 1.50 bits per heavy atom. The van der Waals surface area contributed by atoms with Crippen LogP contribution in [-0.4, -0.2) is 41.5 Å². The number of piperidine rings is 1. The molecule has 1 fully saturated rings. The lowest BCUT2D eigenvalue weighted by Crippen LogP contribution is -2.41. The Morgan fingerprint density at radius 3 is 2.24 bits per heavy atom. The second-order valence-corrected chi connectivity index (χ2v) is 9.39. The number of carbonyl (C=O) groups excluding carboxylic acids is 2. The van der Waals surface area contributed by atoms with E-state index in [4.69, 9.17) is 0 Å². The fraction of sp³-hybridized carbons (Fsp3) is 0.259. The van der Waals surface area contributed by atoms with Gasteiger partial charge in [0, 0.05) is 16.6 Å². The summed E-state index contributed by atoms with van der Waals surface area (Å²) in [6, 6.07) is 24.8. The standard InChI is InChI=1S/C27H29N3O3S/c31-24-12-6-4-10-22(24)29-27(33)21-14-16-30(17-15-21)18-26(32)28-23-11-5-7-13-25(23)34-19-20-8-2-1-3-9-20/h1-13,21,31H,14-19H2,(H,28,32)(H,29,33). The molecule has 3 N–H and O–H groups in total. The maximum atomic E-state index is 12.7. The minimum Gasteiger partial charge on any atom is -0.506 e. The Hall–Kier alpha value is -3.29. The molecule has 0 radical (unpaired) electrons. The minimum atomic E-state index is -0.131. The smallest absolute Gasteiger partial charge is 0.238 e. The summed E-state index contributed by atoms with van der Waals surface area (Å²) in [5, 5.41) is 15.7. The molecule has 3 aromatic rings. The summed E-state index contributed by atoms with van der Waals surface area (Å²) >= 11 is 1.70. The van der Waals surface area contributed by atoms with E-state index in [1.165, 1.54) is 5.56 Å². The zero-order valence-electron chi connectivity index (χ0n) is 18.9. The summed E-state index contributed by atoms with van der Waals surface area (Å²) < 4.78 is 0. The van der Waals surface area contributed by atoms with Crippen LogP contribution in [0.4, 0.5) is 11.4 Å². The van der Waals surface area contributed by atoms with E-state index < -0.39 is 0 Å². The van der Waals surface area contributed by atoms with Gasteiger partial charge in [0.2, 0.25) is 11.8 Å². The molecule has 3 aromatic carbocycles. The molecule has 1 aliphatic rings. The quantitative estimate of drug-likeness (QED) is 0.316. The molecule has 1 heterocycles. The Kier molecular flexibility index (Phi) is 8.22. The summed E-state index contributed by atoms with van der Waals surface area (Å²) in [6.45, 7) is 1.65. The summed E-state index contributed by atoms with van der Waals surface area (Å²) in [5.74, 6) is 0.630. The van der Waals surface area contributed by atoms with E-state index in [0.717, 1.165) is 16.3 Å². The van der Waals surface area contributed by atoms with E-state index in [9.17, 15) is 14.7 Å². The van der Waals surface area contributed by atoms with Gasteiger partial charge in [0.15, 0.2) is 0 Å². The van der Waals surface area contributed by atoms with Crippen LogP contribution in [0.5, 0.6) is 5.75 Å². The van der Waals surface area contributed by atoms with Crippen molar-refractivity contribution in [2.45, 2.75) is 23.5 Å². The first-order chi connectivity index (χ1) is 16.6. The number of aromatic hydroxyl groups is 1. The Bertz CT molecular complexity index is 1110. The predicted molar refractivity (Wildman–Crippen MR) is 137 cm³/mol. The molecule has 34 heavy (non-hydrogen) atoms.